The third kappa shape index (κ3) is 2.44. The summed E-state index contributed by atoms with van der Waals surface area (Å²) >= 11 is 0. The molecule has 7 aromatic carbocycles. The molecule has 2 heterocycles. The van der Waals surface area contributed by atoms with Crippen LogP contribution in [-0.2, 0) is 0 Å². The smallest absolute Gasteiger partial charge is 0.196 e. The minimum atomic E-state index is -0.0294. The monoisotopic (exact) mass is 500 g/mol. The molecule has 0 atom stereocenters. The first-order chi connectivity index (χ1) is 19.1. The lowest BCUT2D eigenvalue weighted by atomic mass is 9.87. The van der Waals surface area contributed by atoms with Crippen molar-refractivity contribution in [3.05, 3.63) is 117 Å². The maximum absolute atomic E-state index is 14.4. The minimum absolute atomic E-state index is 0.0289. The summed E-state index contributed by atoms with van der Waals surface area (Å²) in [4.78, 5) is 36.0. The molecule has 0 radical (unpaired) electrons. The van der Waals surface area contributed by atoms with Crippen molar-refractivity contribution in [1.29, 1.82) is 0 Å². The standard InChI is InChI=1S/C35H20N2O2/c1-17-14-15-23-25(16-17)37-33-29-27(23)19-9-3-5-11-21(19)34(38)30(29)32-28-26(22-12-6-7-13-24(22)36-32)18-8-2-4-10-20(18)35(39)31(28)33/h2-16,36-37H,1H3. The Kier molecular flexibility index (Phi) is 3.73. The largest absolute Gasteiger partial charge is 0.354 e. The first kappa shape index (κ1) is 20.8. The zero-order chi connectivity index (χ0) is 26.0. The molecule has 0 spiro atoms. The summed E-state index contributed by atoms with van der Waals surface area (Å²) in [5, 5.41) is 10.1. The van der Waals surface area contributed by atoms with Crippen molar-refractivity contribution >= 4 is 86.7 Å². The van der Waals surface area contributed by atoms with Crippen molar-refractivity contribution in [1.82, 2.24) is 9.97 Å². The van der Waals surface area contributed by atoms with E-state index in [2.05, 4.69) is 41.2 Å². The number of hydrogen-bond acceptors (Lipinski definition) is 2. The topological polar surface area (TPSA) is 65.7 Å². The highest BCUT2D eigenvalue weighted by molar-refractivity contribution is 6.42. The molecule has 9 aromatic rings. The molecule has 0 saturated carbocycles. The number of aromatic amines is 2. The molecule has 0 amide bonds. The zero-order valence-corrected chi connectivity index (χ0v) is 21.0. The van der Waals surface area contributed by atoms with Crippen LogP contribution in [0.3, 0.4) is 0 Å². The molecular weight excluding hydrogens is 480 g/mol. The lowest BCUT2D eigenvalue weighted by Crippen LogP contribution is -2.11. The van der Waals surface area contributed by atoms with Crippen LogP contribution in [0.25, 0.3) is 86.7 Å². The van der Waals surface area contributed by atoms with Crippen LogP contribution in [0.15, 0.2) is 101 Å². The molecule has 39 heavy (non-hydrogen) atoms. The molecule has 0 aliphatic rings. The Morgan fingerprint density at radius 2 is 0.897 bits per heavy atom. The van der Waals surface area contributed by atoms with E-state index in [0.29, 0.717) is 21.5 Å². The third-order valence-electron chi connectivity index (χ3n) is 8.50. The highest BCUT2D eigenvalue weighted by Gasteiger charge is 2.24. The summed E-state index contributed by atoms with van der Waals surface area (Å²) in [6, 6.07) is 30.1. The second-order valence-corrected chi connectivity index (χ2v) is 10.6. The first-order valence-corrected chi connectivity index (χ1v) is 13.1. The van der Waals surface area contributed by atoms with Crippen molar-refractivity contribution in [2.24, 2.45) is 0 Å². The molecule has 4 heteroatoms. The Balaban J connectivity index is 1.80. The Morgan fingerprint density at radius 3 is 1.49 bits per heavy atom. The van der Waals surface area contributed by atoms with Crippen LogP contribution in [0.5, 0.6) is 0 Å². The highest BCUT2D eigenvalue weighted by atomic mass is 16.1. The SMILES string of the molecule is Cc1ccc2c(c1)[nH]c1c3c(=O)c4ccccc4c4c5ccccc5[nH]c(c5c(=O)c6ccccc6c2c15)c34. The van der Waals surface area contributed by atoms with Gasteiger partial charge in [-0.2, -0.15) is 0 Å². The summed E-state index contributed by atoms with van der Waals surface area (Å²) in [5.74, 6) is 0. The van der Waals surface area contributed by atoms with Crippen LogP contribution in [0.4, 0.5) is 0 Å². The van der Waals surface area contributed by atoms with Crippen molar-refractivity contribution < 1.29 is 0 Å². The molecule has 0 bridgehead atoms. The Morgan fingerprint density at radius 1 is 0.436 bits per heavy atom. The fourth-order valence-electron chi connectivity index (χ4n) is 6.91. The average molecular weight is 501 g/mol. The van der Waals surface area contributed by atoms with Crippen LogP contribution in [-0.4, -0.2) is 9.97 Å². The molecule has 0 saturated heterocycles. The summed E-state index contributed by atoms with van der Waals surface area (Å²) in [5.41, 5.74) is 4.38. The van der Waals surface area contributed by atoms with E-state index in [1.165, 1.54) is 0 Å². The lowest BCUT2D eigenvalue weighted by Gasteiger charge is -2.19. The number of H-pyrrole nitrogens is 2. The van der Waals surface area contributed by atoms with E-state index in [0.717, 1.165) is 70.7 Å². The van der Waals surface area contributed by atoms with E-state index in [4.69, 9.17) is 0 Å². The number of aryl methyl sites for hydroxylation is 1. The number of para-hydroxylation sites is 1. The summed E-state index contributed by atoms with van der Waals surface area (Å²) in [6.07, 6.45) is 0. The van der Waals surface area contributed by atoms with E-state index in [1.807, 2.05) is 66.7 Å². The number of hydrogen-bond donors (Lipinski definition) is 2. The quantitative estimate of drug-likeness (QED) is 0.163. The summed E-state index contributed by atoms with van der Waals surface area (Å²) < 4.78 is 0. The molecule has 4 nitrogen and oxygen atoms in total. The van der Waals surface area contributed by atoms with Gasteiger partial charge >= 0.3 is 0 Å². The van der Waals surface area contributed by atoms with Crippen LogP contribution in [0.1, 0.15) is 5.56 Å². The second-order valence-electron chi connectivity index (χ2n) is 10.6. The lowest BCUT2D eigenvalue weighted by molar-refractivity contribution is 1.45. The van der Waals surface area contributed by atoms with Gasteiger partial charge in [-0.1, -0.05) is 78.9 Å². The first-order valence-electron chi connectivity index (χ1n) is 13.1. The van der Waals surface area contributed by atoms with Gasteiger partial charge in [0.25, 0.3) is 0 Å². The minimum Gasteiger partial charge on any atom is -0.354 e. The Bertz CT molecular complexity index is 2660. The number of rotatable bonds is 0. The molecule has 9 rings (SSSR count). The van der Waals surface area contributed by atoms with Crippen molar-refractivity contribution in [3.8, 4) is 0 Å². The van der Waals surface area contributed by atoms with E-state index < -0.39 is 0 Å². The number of pyridine rings is 2. The molecule has 0 unspecified atom stereocenters. The normalized spacial score (nSPS) is 12.4. The van der Waals surface area contributed by atoms with Gasteiger partial charge in [0.05, 0.1) is 21.8 Å². The fourth-order valence-corrected chi connectivity index (χ4v) is 6.91. The third-order valence-corrected chi connectivity index (χ3v) is 8.50. The van der Waals surface area contributed by atoms with Gasteiger partial charge < -0.3 is 9.97 Å². The summed E-state index contributed by atoms with van der Waals surface area (Å²) in [7, 11) is 0. The van der Waals surface area contributed by atoms with Gasteiger partial charge in [-0.05, 0) is 35.4 Å². The van der Waals surface area contributed by atoms with Gasteiger partial charge in [-0.3, -0.25) is 9.59 Å². The van der Waals surface area contributed by atoms with Gasteiger partial charge in [-0.25, -0.2) is 0 Å². The zero-order valence-electron chi connectivity index (χ0n) is 21.0. The van der Waals surface area contributed by atoms with Crippen molar-refractivity contribution in [3.63, 3.8) is 0 Å². The maximum Gasteiger partial charge on any atom is 0.196 e. The predicted octanol–water partition coefficient (Wildman–Crippen LogP) is 8.04. The molecule has 0 fully saturated rings. The Hall–Kier alpha value is -5.22. The van der Waals surface area contributed by atoms with Gasteiger partial charge in [-0.15, -0.1) is 0 Å². The number of nitrogens with one attached hydrogen (secondary N) is 2. The molecular formula is C35H20N2O2. The van der Waals surface area contributed by atoms with Crippen LogP contribution >= 0.6 is 0 Å². The van der Waals surface area contributed by atoms with Crippen molar-refractivity contribution in [2.75, 3.05) is 0 Å². The van der Waals surface area contributed by atoms with Gasteiger partial charge in [0.2, 0.25) is 0 Å². The van der Waals surface area contributed by atoms with Gasteiger partial charge in [0.15, 0.2) is 10.9 Å². The Labute approximate surface area is 220 Å². The molecule has 0 aliphatic heterocycles. The van der Waals surface area contributed by atoms with E-state index in [-0.39, 0.29) is 10.9 Å². The average Bonchev–Trinajstić information content (AvgIpc) is 2.97. The number of fused-ring (bicyclic) bond motifs is 10. The second kappa shape index (κ2) is 7.00. The number of aromatic nitrogens is 2. The van der Waals surface area contributed by atoms with Crippen LogP contribution in [0.2, 0.25) is 0 Å². The highest BCUT2D eigenvalue weighted by Crippen LogP contribution is 2.44. The van der Waals surface area contributed by atoms with E-state index >= 15 is 0 Å². The van der Waals surface area contributed by atoms with Crippen molar-refractivity contribution in [2.45, 2.75) is 6.92 Å². The number of benzene rings is 7. The van der Waals surface area contributed by atoms with Gasteiger partial charge in [0.1, 0.15) is 0 Å². The molecule has 2 N–H and O–H groups in total. The van der Waals surface area contributed by atoms with E-state index in [1.54, 1.807) is 0 Å². The van der Waals surface area contributed by atoms with Gasteiger partial charge in [0, 0.05) is 54.1 Å². The maximum atomic E-state index is 14.4. The van der Waals surface area contributed by atoms with E-state index in [9.17, 15) is 9.59 Å². The van der Waals surface area contributed by atoms with Crippen LogP contribution in [0, 0.1) is 6.92 Å². The molecule has 0 aliphatic carbocycles. The summed E-state index contributed by atoms with van der Waals surface area (Å²) in [6.45, 7) is 2.07. The molecule has 182 valence electrons. The molecule has 2 aromatic heterocycles. The fraction of sp³-hybridized carbons (Fsp3) is 0.0286. The van der Waals surface area contributed by atoms with Crippen LogP contribution < -0.4 is 10.9 Å². The predicted molar refractivity (Wildman–Crippen MR) is 164 cm³/mol.